The largest absolute Gasteiger partial charge is 0.351 e. The van der Waals surface area contributed by atoms with E-state index < -0.39 is 0 Å². The number of amides is 1. The van der Waals surface area contributed by atoms with Crippen molar-refractivity contribution in [3.05, 3.63) is 28.0 Å². The molecule has 1 amide bonds. The molecule has 1 heterocycles. The van der Waals surface area contributed by atoms with E-state index in [0.717, 1.165) is 17.7 Å². The third kappa shape index (κ3) is 3.87. The fourth-order valence-electron chi connectivity index (χ4n) is 1.14. The number of rotatable bonds is 5. The maximum absolute atomic E-state index is 11.6. The zero-order chi connectivity index (χ0) is 11.8. The Kier molecular flexibility index (Phi) is 5.30. The molecule has 0 saturated heterocycles. The average molecular weight is 234 g/mol. The van der Waals surface area contributed by atoms with E-state index in [1.807, 2.05) is 23.6 Å². The Labute approximate surface area is 99.4 Å². The number of carbonyl (C=O) groups is 1. The van der Waals surface area contributed by atoms with Crippen LogP contribution in [0.15, 0.2) is 23.1 Å². The molecule has 4 heteroatoms. The van der Waals surface area contributed by atoms with Gasteiger partial charge >= 0.3 is 0 Å². The van der Waals surface area contributed by atoms with Crippen molar-refractivity contribution in [3.63, 3.8) is 0 Å². The standard InChI is InChI=1S/C12H14N2OS/c1-2-3-6-14-12(15)10(9-13)8-11-5-4-7-16-11/h4-5,7-8H,2-3,6H2,1H3,(H,14,15)/b10-8+. The average Bonchev–Trinajstić information content (AvgIpc) is 2.78. The van der Waals surface area contributed by atoms with Gasteiger partial charge in [-0.25, -0.2) is 0 Å². The highest BCUT2D eigenvalue weighted by atomic mass is 32.1. The van der Waals surface area contributed by atoms with E-state index in [-0.39, 0.29) is 11.5 Å². The molecule has 0 aliphatic carbocycles. The molecule has 0 spiro atoms. The Morgan fingerprint density at radius 3 is 3.06 bits per heavy atom. The summed E-state index contributed by atoms with van der Waals surface area (Å²) in [6.45, 7) is 2.68. The molecule has 1 aromatic heterocycles. The summed E-state index contributed by atoms with van der Waals surface area (Å²) in [5, 5.41) is 13.5. The van der Waals surface area contributed by atoms with Gasteiger partial charge in [0.1, 0.15) is 11.6 Å². The van der Waals surface area contributed by atoms with Crippen molar-refractivity contribution in [3.8, 4) is 6.07 Å². The molecule has 0 bridgehead atoms. The highest BCUT2D eigenvalue weighted by Crippen LogP contribution is 2.13. The summed E-state index contributed by atoms with van der Waals surface area (Å²) in [5.41, 5.74) is 0.165. The maximum Gasteiger partial charge on any atom is 0.261 e. The van der Waals surface area contributed by atoms with Crippen molar-refractivity contribution in [2.75, 3.05) is 6.54 Å². The molecule has 0 atom stereocenters. The zero-order valence-corrected chi connectivity index (χ0v) is 10.0. The molecule has 0 aliphatic rings. The van der Waals surface area contributed by atoms with Gasteiger partial charge in [0.05, 0.1) is 0 Å². The summed E-state index contributed by atoms with van der Waals surface area (Å²) < 4.78 is 0. The molecule has 16 heavy (non-hydrogen) atoms. The fourth-order valence-corrected chi connectivity index (χ4v) is 1.80. The Morgan fingerprint density at radius 1 is 1.69 bits per heavy atom. The number of nitriles is 1. The van der Waals surface area contributed by atoms with Gasteiger partial charge in [-0.15, -0.1) is 11.3 Å². The van der Waals surface area contributed by atoms with E-state index in [4.69, 9.17) is 5.26 Å². The number of hydrogen-bond donors (Lipinski definition) is 1. The zero-order valence-electron chi connectivity index (χ0n) is 9.19. The SMILES string of the molecule is CCCCNC(=O)/C(C#N)=C/c1cccs1. The van der Waals surface area contributed by atoms with Gasteiger partial charge in [-0.05, 0) is 23.9 Å². The van der Waals surface area contributed by atoms with Gasteiger partial charge in [-0.3, -0.25) is 4.79 Å². The maximum atomic E-state index is 11.6. The van der Waals surface area contributed by atoms with Crippen molar-refractivity contribution < 1.29 is 4.79 Å². The second kappa shape index (κ2) is 6.81. The van der Waals surface area contributed by atoms with E-state index in [1.54, 1.807) is 6.08 Å². The van der Waals surface area contributed by atoms with Crippen LogP contribution in [0.3, 0.4) is 0 Å². The van der Waals surface area contributed by atoms with Crippen LogP contribution < -0.4 is 5.32 Å². The summed E-state index contributed by atoms with van der Waals surface area (Å²) in [6.07, 6.45) is 3.58. The summed E-state index contributed by atoms with van der Waals surface area (Å²) in [7, 11) is 0. The quantitative estimate of drug-likeness (QED) is 0.483. The predicted molar refractivity (Wildman–Crippen MR) is 65.8 cm³/mol. The molecule has 84 valence electrons. The first kappa shape index (κ1) is 12.5. The van der Waals surface area contributed by atoms with E-state index in [0.29, 0.717) is 6.54 Å². The van der Waals surface area contributed by atoms with E-state index in [1.165, 1.54) is 11.3 Å². The second-order valence-corrected chi connectivity index (χ2v) is 4.27. The van der Waals surface area contributed by atoms with Crippen LogP contribution in [-0.4, -0.2) is 12.5 Å². The first-order valence-electron chi connectivity index (χ1n) is 5.21. The van der Waals surface area contributed by atoms with E-state index in [9.17, 15) is 4.79 Å². The minimum Gasteiger partial charge on any atom is -0.351 e. The van der Waals surface area contributed by atoms with Gasteiger partial charge < -0.3 is 5.32 Å². The van der Waals surface area contributed by atoms with Gasteiger partial charge in [-0.1, -0.05) is 19.4 Å². The fraction of sp³-hybridized carbons (Fsp3) is 0.333. The van der Waals surface area contributed by atoms with Crippen molar-refractivity contribution in [1.82, 2.24) is 5.32 Å². The first-order chi connectivity index (χ1) is 7.77. The minimum atomic E-state index is -0.288. The summed E-state index contributed by atoms with van der Waals surface area (Å²) in [4.78, 5) is 12.5. The van der Waals surface area contributed by atoms with Crippen molar-refractivity contribution in [1.29, 1.82) is 5.26 Å². The van der Waals surface area contributed by atoms with Crippen LogP contribution in [-0.2, 0) is 4.79 Å². The van der Waals surface area contributed by atoms with Crippen LogP contribution in [0.2, 0.25) is 0 Å². The molecular formula is C12H14N2OS. The normalized spacial score (nSPS) is 10.9. The lowest BCUT2D eigenvalue weighted by Gasteiger charge is -2.01. The molecule has 0 unspecified atom stereocenters. The van der Waals surface area contributed by atoms with Gasteiger partial charge in [0.15, 0.2) is 0 Å². The Hall–Kier alpha value is -1.60. The first-order valence-corrected chi connectivity index (χ1v) is 6.09. The van der Waals surface area contributed by atoms with Gasteiger partial charge in [0.25, 0.3) is 5.91 Å². The number of nitrogens with one attached hydrogen (secondary N) is 1. The highest BCUT2D eigenvalue weighted by molar-refractivity contribution is 7.10. The van der Waals surface area contributed by atoms with E-state index in [2.05, 4.69) is 12.2 Å². The van der Waals surface area contributed by atoms with Crippen LogP contribution in [0, 0.1) is 11.3 Å². The molecular weight excluding hydrogens is 220 g/mol. The topological polar surface area (TPSA) is 52.9 Å². The van der Waals surface area contributed by atoms with Crippen molar-refractivity contribution in [2.45, 2.75) is 19.8 Å². The van der Waals surface area contributed by atoms with Crippen molar-refractivity contribution >= 4 is 23.3 Å². The lowest BCUT2D eigenvalue weighted by molar-refractivity contribution is -0.117. The third-order valence-corrected chi connectivity index (χ3v) is 2.83. The van der Waals surface area contributed by atoms with Gasteiger partial charge in [-0.2, -0.15) is 5.26 Å². The minimum absolute atomic E-state index is 0.165. The van der Waals surface area contributed by atoms with Crippen LogP contribution in [0.25, 0.3) is 6.08 Å². The molecule has 0 aliphatic heterocycles. The van der Waals surface area contributed by atoms with Gasteiger partial charge in [0.2, 0.25) is 0 Å². The molecule has 1 rings (SSSR count). The summed E-state index contributed by atoms with van der Waals surface area (Å²) in [5.74, 6) is -0.288. The molecule has 1 aromatic rings. The highest BCUT2D eigenvalue weighted by Gasteiger charge is 2.07. The summed E-state index contributed by atoms with van der Waals surface area (Å²) in [6, 6.07) is 5.69. The van der Waals surface area contributed by atoms with Crippen LogP contribution in [0.1, 0.15) is 24.6 Å². The molecule has 0 aromatic carbocycles. The third-order valence-electron chi connectivity index (χ3n) is 2.01. The lowest BCUT2D eigenvalue weighted by atomic mass is 10.2. The summed E-state index contributed by atoms with van der Waals surface area (Å²) >= 11 is 1.50. The molecule has 0 radical (unpaired) electrons. The molecule has 0 saturated carbocycles. The Bertz CT molecular complexity index is 401. The molecule has 3 nitrogen and oxygen atoms in total. The molecule has 1 N–H and O–H groups in total. The second-order valence-electron chi connectivity index (χ2n) is 3.29. The van der Waals surface area contributed by atoms with Crippen LogP contribution in [0.4, 0.5) is 0 Å². The Balaban J connectivity index is 2.61. The lowest BCUT2D eigenvalue weighted by Crippen LogP contribution is -2.25. The van der Waals surface area contributed by atoms with E-state index >= 15 is 0 Å². The van der Waals surface area contributed by atoms with Crippen LogP contribution >= 0.6 is 11.3 Å². The number of unbranched alkanes of at least 4 members (excludes halogenated alkanes) is 1. The van der Waals surface area contributed by atoms with Crippen molar-refractivity contribution in [2.24, 2.45) is 0 Å². The monoisotopic (exact) mass is 234 g/mol. The number of carbonyl (C=O) groups excluding carboxylic acids is 1. The number of hydrogen-bond acceptors (Lipinski definition) is 3. The Morgan fingerprint density at radius 2 is 2.50 bits per heavy atom. The smallest absolute Gasteiger partial charge is 0.261 e. The van der Waals surface area contributed by atoms with Gasteiger partial charge in [0, 0.05) is 11.4 Å². The number of nitrogens with zero attached hydrogens (tertiary/aromatic N) is 1. The number of thiophene rings is 1. The molecule has 0 fully saturated rings. The predicted octanol–water partition coefficient (Wildman–Crippen LogP) is 2.57. The van der Waals surface area contributed by atoms with Crippen LogP contribution in [0.5, 0.6) is 0 Å².